The lowest BCUT2D eigenvalue weighted by Gasteiger charge is -2.15. The summed E-state index contributed by atoms with van der Waals surface area (Å²) >= 11 is 0. The number of carbonyl (C=O) groups excluding carboxylic acids is 1. The first kappa shape index (κ1) is 16.4. The Labute approximate surface area is 104 Å². The first-order valence-electron chi connectivity index (χ1n) is 6.26. The van der Waals surface area contributed by atoms with Crippen LogP contribution >= 0.6 is 0 Å². The molecule has 5 heteroatoms. The lowest BCUT2D eigenvalue weighted by molar-refractivity contribution is -0.121. The Morgan fingerprint density at radius 2 is 1.82 bits per heavy atom. The fourth-order valence-electron chi connectivity index (χ4n) is 1.20. The van der Waals surface area contributed by atoms with Crippen molar-refractivity contribution in [2.24, 2.45) is 11.7 Å². The van der Waals surface area contributed by atoms with Gasteiger partial charge in [0, 0.05) is 6.61 Å². The molecule has 0 aliphatic heterocycles. The van der Waals surface area contributed by atoms with Gasteiger partial charge in [-0.15, -0.1) is 0 Å². The molecular formula is C12H26N2O3. The summed E-state index contributed by atoms with van der Waals surface area (Å²) in [5.74, 6) is 0.154. The average molecular weight is 246 g/mol. The molecule has 1 amide bonds. The van der Waals surface area contributed by atoms with E-state index < -0.39 is 6.04 Å². The Hall–Kier alpha value is -0.650. The molecule has 17 heavy (non-hydrogen) atoms. The van der Waals surface area contributed by atoms with Gasteiger partial charge in [0.2, 0.25) is 5.91 Å². The van der Waals surface area contributed by atoms with Gasteiger partial charge >= 0.3 is 0 Å². The summed E-state index contributed by atoms with van der Waals surface area (Å²) in [5, 5.41) is 3.04. The van der Waals surface area contributed by atoms with Gasteiger partial charge in [0.15, 0.2) is 0 Å². The van der Waals surface area contributed by atoms with Crippen molar-refractivity contribution in [3.8, 4) is 0 Å². The number of nitrogens with one attached hydrogen (secondary N) is 1. The number of hydrogen-bond donors (Lipinski definition) is 2. The molecule has 0 saturated heterocycles. The minimum absolute atomic E-state index is 0.306. The summed E-state index contributed by atoms with van der Waals surface area (Å²) in [4.78, 5) is 11.1. The summed E-state index contributed by atoms with van der Waals surface area (Å²) in [6, 6.07) is -0.403. The van der Waals surface area contributed by atoms with Crippen molar-refractivity contribution in [2.45, 2.75) is 33.2 Å². The number of carbonyl (C=O) groups is 1. The topological polar surface area (TPSA) is 73.6 Å². The maximum Gasteiger partial charge on any atom is 0.236 e. The molecule has 0 bridgehead atoms. The molecule has 0 rings (SSSR count). The Morgan fingerprint density at radius 1 is 1.24 bits per heavy atom. The summed E-state index contributed by atoms with van der Waals surface area (Å²) < 4.78 is 10.7. The van der Waals surface area contributed by atoms with Gasteiger partial charge in [0.05, 0.1) is 19.8 Å². The normalized spacial score (nSPS) is 12.9. The molecule has 0 aliphatic rings. The van der Waals surface area contributed by atoms with Crippen molar-refractivity contribution in [1.82, 2.24) is 5.32 Å². The third-order valence-electron chi connectivity index (χ3n) is 2.09. The highest BCUT2D eigenvalue weighted by Gasteiger charge is 2.13. The Bertz CT molecular complexity index is 198. The number of amides is 1. The monoisotopic (exact) mass is 246 g/mol. The number of rotatable bonds is 11. The van der Waals surface area contributed by atoms with Crippen LogP contribution < -0.4 is 11.1 Å². The van der Waals surface area contributed by atoms with E-state index in [9.17, 15) is 4.79 Å². The van der Waals surface area contributed by atoms with E-state index in [4.69, 9.17) is 15.2 Å². The predicted molar refractivity (Wildman–Crippen MR) is 67.8 cm³/mol. The van der Waals surface area contributed by atoms with Crippen LogP contribution in [0.2, 0.25) is 0 Å². The van der Waals surface area contributed by atoms with E-state index in [1.165, 1.54) is 0 Å². The van der Waals surface area contributed by atoms with E-state index in [0.717, 1.165) is 19.6 Å². The number of hydrogen-bond acceptors (Lipinski definition) is 4. The molecule has 0 fully saturated rings. The highest BCUT2D eigenvalue weighted by atomic mass is 16.5. The van der Waals surface area contributed by atoms with E-state index in [0.29, 0.717) is 25.7 Å². The SMILES string of the molecule is CCCNC(COCCOCC(C)C)C(N)=O. The molecule has 102 valence electrons. The van der Waals surface area contributed by atoms with Gasteiger partial charge < -0.3 is 20.5 Å². The number of ether oxygens (including phenoxy) is 2. The summed E-state index contributed by atoms with van der Waals surface area (Å²) in [6.07, 6.45) is 0.960. The lowest BCUT2D eigenvalue weighted by atomic mass is 10.2. The highest BCUT2D eigenvalue weighted by molar-refractivity contribution is 5.79. The largest absolute Gasteiger partial charge is 0.379 e. The average Bonchev–Trinajstić information content (AvgIpc) is 2.26. The van der Waals surface area contributed by atoms with Gasteiger partial charge in [0.1, 0.15) is 6.04 Å². The molecule has 0 aromatic heterocycles. The van der Waals surface area contributed by atoms with Gasteiger partial charge in [-0.3, -0.25) is 4.79 Å². The summed E-state index contributed by atoms with van der Waals surface area (Å²) in [7, 11) is 0. The van der Waals surface area contributed by atoms with Crippen molar-refractivity contribution in [3.05, 3.63) is 0 Å². The highest BCUT2D eigenvalue weighted by Crippen LogP contribution is 1.92. The second kappa shape index (κ2) is 10.5. The molecule has 0 aromatic rings. The molecule has 1 unspecified atom stereocenters. The van der Waals surface area contributed by atoms with Crippen molar-refractivity contribution in [2.75, 3.05) is 33.0 Å². The van der Waals surface area contributed by atoms with Gasteiger partial charge in [-0.1, -0.05) is 20.8 Å². The van der Waals surface area contributed by atoms with Crippen LogP contribution in [0.5, 0.6) is 0 Å². The fraction of sp³-hybridized carbons (Fsp3) is 0.917. The van der Waals surface area contributed by atoms with Crippen LogP contribution in [0.3, 0.4) is 0 Å². The smallest absolute Gasteiger partial charge is 0.236 e. The van der Waals surface area contributed by atoms with Gasteiger partial charge in [0.25, 0.3) is 0 Å². The van der Waals surface area contributed by atoms with Crippen LogP contribution in [0.15, 0.2) is 0 Å². The zero-order valence-electron chi connectivity index (χ0n) is 11.2. The Balaban J connectivity index is 3.51. The van der Waals surface area contributed by atoms with Crippen molar-refractivity contribution in [3.63, 3.8) is 0 Å². The maximum absolute atomic E-state index is 11.1. The summed E-state index contributed by atoms with van der Waals surface area (Å²) in [6.45, 7) is 9.07. The summed E-state index contributed by atoms with van der Waals surface area (Å²) in [5.41, 5.74) is 5.25. The Morgan fingerprint density at radius 3 is 2.29 bits per heavy atom. The molecule has 1 atom stereocenters. The fourth-order valence-corrected chi connectivity index (χ4v) is 1.20. The van der Waals surface area contributed by atoms with E-state index in [1.54, 1.807) is 0 Å². The van der Waals surface area contributed by atoms with Crippen LogP contribution in [0.25, 0.3) is 0 Å². The van der Waals surface area contributed by atoms with Gasteiger partial charge in [-0.25, -0.2) is 0 Å². The molecule has 0 heterocycles. The number of primary amides is 1. The van der Waals surface area contributed by atoms with Crippen LogP contribution in [0, 0.1) is 5.92 Å². The molecule has 0 spiro atoms. The zero-order chi connectivity index (χ0) is 13.1. The molecule has 5 nitrogen and oxygen atoms in total. The minimum Gasteiger partial charge on any atom is -0.379 e. The van der Waals surface area contributed by atoms with Crippen LogP contribution in [0.1, 0.15) is 27.2 Å². The second-order valence-electron chi connectivity index (χ2n) is 4.45. The van der Waals surface area contributed by atoms with Crippen molar-refractivity contribution < 1.29 is 14.3 Å². The standard InChI is InChI=1S/C12H26N2O3/c1-4-5-14-11(12(13)15)9-17-7-6-16-8-10(2)3/h10-11,14H,4-9H2,1-3H3,(H2,13,15). The van der Waals surface area contributed by atoms with Gasteiger partial charge in [-0.05, 0) is 18.9 Å². The van der Waals surface area contributed by atoms with E-state index in [1.807, 2.05) is 6.92 Å². The van der Waals surface area contributed by atoms with Crippen LogP contribution in [-0.2, 0) is 14.3 Å². The third-order valence-corrected chi connectivity index (χ3v) is 2.09. The molecule has 0 radical (unpaired) electrons. The lowest BCUT2D eigenvalue weighted by Crippen LogP contribution is -2.45. The third kappa shape index (κ3) is 10.2. The first-order valence-corrected chi connectivity index (χ1v) is 6.26. The molecule has 0 saturated carbocycles. The van der Waals surface area contributed by atoms with E-state index in [2.05, 4.69) is 19.2 Å². The first-order chi connectivity index (χ1) is 8.07. The van der Waals surface area contributed by atoms with Crippen LogP contribution in [-0.4, -0.2) is 44.9 Å². The quantitative estimate of drug-likeness (QED) is 0.522. The Kier molecular flexibility index (Phi) is 10.1. The zero-order valence-corrected chi connectivity index (χ0v) is 11.2. The van der Waals surface area contributed by atoms with Crippen molar-refractivity contribution >= 4 is 5.91 Å². The minimum atomic E-state index is -0.403. The van der Waals surface area contributed by atoms with Crippen molar-refractivity contribution in [1.29, 1.82) is 0 Å². The molecule has 0 aliphatic carbocycles. The van der Waals surface area contributed by atoms with Gasteiger partial charge in [-0.2, -0.15) is 0 Å². The van der Waals surface area contributed by atoms with Crippen LogP contribution in [0.4, 0.5) is 0 Å². The molecular weight excluding hydrogens is 220 g/mol. The second-order valence-corrected chi connectivity index (χ2v) is 4.45. The predicted octanol–water partition coefficient (Wildman–Crippen LogP) is 0.529. The van der Waals surface area contributed by atoms with E-state index in [-0.39, 0.29) is 5.91 Å². The molecule has 0 aromatic carbocycles. The number of nitrogens with two attached hydrogens (primary N) is 1. The van der Waals surface area contributed by atoms with E-state index >= 15 is 0 Å². The molecule has 3 N–H and O–H groups in total. The maximum atomic E-state index is 11.1.